The molecule has 2 aromatic carbocycles. The maximum absolute atomic E-state index is 14.2. The van der Waals surface area contributed by atoms with Gasteiger partial charge in [-0.3, -0.25) is 0 Å². The van der Waals surface area contributed by atoms with Gasteiger partial charge in [0.15, 0.2) is 0 Å². The fourth-order valence-electron chi connectivity index (χ4n) is 2.05. The Labute approximate surface area is 124 Å². The molecule has 0 aliphatic rings. The number of nitrogens with one attached hydrogen (secondary N) is 1. The smallest absolute Gasteiger partial charge is 0.137 e. The Morgan fingerprint density at radius 3 is 2.55 bits per heavy atom. The lowest BCUT2D eigenvalue weighted by Gasteiger charge is -2.18. The van der Waals surface area contributed by atoms with Crippen molar-refractivity contribution >= 4 is 11.8 Å². The third kappa shape index (κ3) is 3.84. The summed E-state index contributed by atoms with van der Waals surface area (Å²) < 4.78 is 14.2. The Morgan fingerprint density at radius 1 is 1.10 bits per heavy atom. The molecular weight excluding hydrogens is 269 g/mol. The molecule has 0 amide bonds. The van der Waals surface area contributed by atoms with E-state index in [-0.39, 0.29) is 11.9 Å². The highest BCUT2D eigenvalue weighted by Crippen LogP contribution is 2.35. The van der Waals surface area contributed by atoms with Gasteiger partial charge >= 0.3 is 0 Å². The molecule has 0 aliphatic carbocycles. The Kier molecular flexibility index (Phi) is 5.62. The normalized spacial score (nSPS) is 12.3. The lowest BCUT2D eigenvalue weighted by molar-refractivity contribution is 0.543. The van der Waals surface area contributed by atoms with Crippen LogP contribution in [0.2, 0.25) is 0 Å². The molecule has 0 aliphatic heterocycles. The van der Waals surface area contributed by atoms with Crippen molar-refractivity contribution in [3.05, 3.63) is 59.9 Å². The van der Waals surface area contributed by atoms with Gasteiger partial charge < -0.3 is 5.32 Å². The molecule has 0 bridgehead atoms. The van der Waals surface area contributed by atoms with Crippen LogP contribution >= 0.6 is 11.8 Å². The monoisotopic (exact) mass is 289 g/mol. The predicted octanol–water partition coefficient (Wildman–Crippen LogP) is 5.04. The molecule has 0 fully saturated rings. The van der Waals surface area contributed by atoms with E-state index in [1.165, 1.54) is 17.8 Å². The van der Waals surface area contributed by atoms with Crippen molar-refractivity contribution in [2.45, 2.75) is 36.1 Å². The molecule has 0 radical (unpaired) electrons. The molecule has 0 saturated carbocycles. The second-order valence-corrected chi connectivity index (χ2v) is 5.83. The van der Waals surface area contributed by atoms with Crippen molar-refractivity contribution in [2.24, 2.45) is 0 Å². The van der Waals surface area contributed by atoms with Gasteiger partial charge in [0.05, 0.1) is 4.90 Å². The summed E-state index contributed by atoms with van der Waals surface area (Å²) in [6, 6.07) is 15.4. The lowest BCUT2D eigenvalue weighted by Crippen LogP contribution is -2.20. The first-order chi connectivity index (χ1) is 9.72. The zero-order chi connectivity index (χ0) is 14.4. The largest absolute Gasteiger partial charge is 0.310 e. The SMILES string of the molecule is CCCNC(C)c1cccc(F)c1Sc1ccccc1. The van der Waals surface area contributed by atoms with Crippen molar-refractivity contribution in [1.82, 2.24) is 5.32 Å². The first-order valence-electron chi connectivity index (χ1n) is 6.97. The average Bonchev–Trinajstić information content (AvgIpc) is 2.48. The Bertz CT molecular complexity index is 542. The summed E-state index contributed by atoms with van der Waals surface area (Å²) in [5, 5.41) is 3.42. The van der Waals surface area contributed by atoms with E-state index in [9.17, 15) is 4.39 Å². The second kappa shape index (κ2) is 7.46. The van der Waals surface area contributed by atoms with Gasteiger partial charge in [0.2, 0.25) is 0 Å². The number of benzene rings is 2. The van der Waals surface area contributed by atoms with Crippen LogP contribution in [0, 0.1) is 5.82 Å². The van der Waals surface area contributed by atoms with Gasteiger partial charge in [-0.25, -0.2) is 4.39 Å². The Hall–Kier alpha value is -1.32. The van der Waals surface area contributed by atoms with E-state index in [2.05, 4.69) is 19.2 Å². The van der Waals surface area contributed by atoms with E-state index in [0.29, 0.717) is 0 Å². The van der Waals surface area contributed by atoms with Crippen molar-refractivity contribution in [1.29, 1.82) is 0 Å². The van der Waals surface area contributed by atoms with Crippen LogP contribution in [0.5, 0.6) is 0 Å². The van der Waals surface area contributed by atoms with Gasteiger partial charge in [-0.15, -0.1) is 0 Å². The van der Waals surface area contributed by atoms with Gasteiger partial charge in [-0.1, -0.05) is 49.0 Å². The lowest BCUT2D eigenvalue weighted by atomic mass is 10.1. The van der Waals surface area contributed by atoms with Crippen molar-refractivity contribution in [3.63, 3.8) is 0 Å². The molecule has 1 atom stereocenters. The number of halogens is 1. The zero-order valence-electron chi connectivity index (χ0n) is 11.9. The van der Waals surface area contributed by atoms with Crippen LogP contribution in [-0.4, -0.2) is 6.54 Å². The molecule has 0 saturated heterocycles. The summed E-state index contributed by atoms with van der Waals surface area (Å²) in [6.07, 6.45) is 1.07. The summed E-state index contributed by atoms with van der Waals surface area (Å²) in [5.41, 5.74) is 1.02. The molecule has 1 N–H and O–H groups in total. The van der Waals surface area contributed by atoms with E-state index in [1.54, 1.807) is 6.07 Å². The van der Waals surface area contributed by atoms with Crippen LogP contribution in [0.4, 0.5) is 4.39 Å². The molecule has 2 aromatic rings. The van der Waals surface area contributed by atoms with Crippen LogP contribution in [0.1, 0.15) is 31.9 Å². The van der Waals surface area contributed by atoms with Gasteiger partial charge in [0.1, 0.15) is 5.82 Å². The summed E-state index contributed by atoms with van der Waals surface area (Å²) in [7, 11) is 0. The second-order valence-electron chi connectivity index (χ2n) is 4.75. The van der Waals surface area contributed by atoms with Crippen LogP contribution in [0.25, 0.3) is 0 Å². The van der Waals surface area contributed by atoms with E-state index in [0.717, 1.165) is 28.3 Å². The van der Waals surface area contributed by atoms with E-state index in [4.69, 9.17) is 0 Å². The summed E-state index contributed by atoms with van der Waals surface area (Å²) >= 11 is 1.49. The third-order valence-electron chi connectivity index (χ3n) is 3.13. The zero-order valence-corrected chi connectivity index (χ0v) is 12.7. The van der Waals surface area contributed by atoms with Crippen molar-refractivity contribution in [2.75, 3.05) is 6.54 Å². The van der Waals surface area contributed by atoms with E-state index in [1.807, 2.05) is 36.4 Å². The van der Waals surface area contributed by atoms with Gasteiger partial charge in [0.25, 0.3) is 0 Å². The Morgan fingerprint density at radius 2 is 1.85 bits per heavy atom. The van der Waals surface area contributed by atoms with E-state index < -0.39 is 0 Å². The number of hydrogen-bond donors (Lipinski definition) is 1. The maximum Gasteiger partial charge on any atom is 0.137 e. The number of rotatable bonds is 6. The van der Waals surface area contributed by atoms with E-state index >= 15 is 0 Å². The maximum atomic E-state index is 14.2. The molecule has 0 heterocycles. The van der Waals surface area contributed by atoms with Crippen molar-refractivity contribution < 1.29 is 4.39 Å². The standard InChI is InChI=1S/C17H20FNS/c1-3-12-19-13(2)15-10-7-11-16(18)17(15)20-14-8-5-4-6-9-14/h4-11,13,19H,3,12H2,1-2H3. The fourth-order valence-corrected chi connectivity index (χ4v) is 3.11. The third-order valence-corrected chi connectivity index (χ3v) is 4.27. The van der Waals surface area contributed by atoms with Crippen LogP contribution < -0.4 is 5.32 Å². The summed E-state index contributed by atoms with van der Waals surface area (Å²) in [6.45, 7) is 5.15. The minimum Gasteiger partial charge on any atom is -0.310 e. The highest BCUT2D eigenvalue weighted by molar-refractivity contribution is 7.99. The van der Waals surface area contributed by atoms with Crippen molar-refractivity contribution in [3.8, 4) is 0 Å². The molecule has 1 unspecified atom stereocenters. The highest BCUT2D eigenvalue weighted by atomic mass is 32.2. The molecular formula is C17H20FNS. The molecule has 2 rings (SSSR count). The topological polar surface area (TPSA) is 12.0 Å². The molecule has 0 spiro atoms. The van der Waals surface area contributed by atoms with Crippen LogP contribution in [0.3, 0.4) is 0 Å². The quantitative estimate of drug-likeness (QED) is 0.799. The minimum absolute atomic E-state index is 0.150. The van der Waals surface area contributed by atoms with Gasteiger partial charge in [0, 0.05) is 10.9 Å². The predicted molar refractivity (Wildman–Crippen MR) is 83.7 cm³/mol. The number of hydrogen-bond acceptors (Lipinski definition) is 2. The van der Waals surface area contributed by atoms with Gasteiger partial charge in [-0.05, 0) is 43.7 Å². The molecule has 20 heavy (non-hydrogen) atoms. The first kappa shape index (κ1) is 15.1. The average molecular weight is 289 g/mol. The first-order valence-corrected chi connectivity index (χ1v) is 7.78. The Balaban J connectivity index is 2.26. The molecule has 0 aromatic heterocycles. The highest BCUT2D eigenvalue weighted by Gasteiger charge is 2.14. The van der Waals surface area contributed by atoms with Crippen LogP contribution in [0.15, 0.2) is 58.3 Å². The molecule has 3 heteroatoms. The minimum atomic E-state index is -0.151. The van der Waals surface area contributed by atoms with Gasteiger partial charge in [-0.2, -0.15) is 0 Å². The van der Waals surface area contributed by atoms with Crippen LogP contribution in [-0.2, 0) is 0 Å². The fraction of sp³-hybridized carbons (Fsp3) is 0.294. The summed E-state index contributed by atoms with van der Waals surface area (Å²) in [4.78, 5) is 1.77. The molecule has 1 nitrogen and oxygen atoms in total. The summed E-state index contributed by atoms with van der Waals surface area (Å²) in [5.74, 6) is -0.151. The molecule has 106 valence electrons.